The highest BCUT2D eigenvalue weighted by molar-refractivity contribution is 5.95. The van der Waals surface area contributed by atoms with Crippen molar-refractivity contribution in [3.05, 3.63) is 89.7 Å². The molecule has 1 aromatic heterocycles. The van der Waals surface area contributed by atoms with Crippen molar-refractivity contribution in [1.82, 2.24) is 15.2 Å². The minimum absolute atomic E-state index is 0.0276. The molecule has 5 heteroatoms. The second-order valence-corrected chi connectivity index (χ2v) is 8.95. The summed E-state index contributed by atoms with van der Waals surface area (Å²) in [7, 11) is 0. The van der Waals surface area contributed by atoms with Crippen LogP contribution in [-0.4, -0.2) is 41.3 Å². The summed E-state index contributed by atoms with van der Waals surface area (Å²) in [6.45, 7) is 5.67. The van der Waals surface area contributed by atoms with Gasteiger partial charge in [-0.05, 0) is 61.9 Å². The first-order valence-electron chi connectivity index (χ1n) is 11.6. The van der Waals surface area contributed by atoms with Gasteiger partial charge < -0.3 is 10.2 Å². The molecule has 5 nitrogen and oxygen atoms in total. The summed E-state index contributed by atoms with van der Waals surface area (Å²) in [5.74, 6) is -0.0136. The molecule has 0 radical (unpaired) electrons. The maximum atomic E-state index is 13.3. The van der Waals surface area contributed by atoms with Crippen LogP contribution in [0.25, 0.3) is 11.1 Å². The quantitative estimate of drug-likeness (QED) is 0.605. The molecule has 0 aliphatic carbocycles. The number of rotatable bonds is 6. The molecule has 0 spiro atoms. The zero-order chi connectivity index (χ0) is 23.3. The van der Waals surface area contributed by atoms with Crippen molar-refractivity contribution in [2.45, 2.75) is 33.1 Å². The molecule has 1 aliphatic heterocycles. The Balaban J connectivity index is 1.57. The summed E-state index contributed by atoms with van der Waals surface area (Å²) in [4.78, 5) is 32.2. The molecule has 1 saturated heterocycles. The average molecular weight is 442 g/mol. The van der Waals surface area contributed by atoms with Crippen molar-refractivity contribution in [2.24, 2.45) is 5.41 Å². The van der Waals surface area contributed by atoms with Crippen molar-refractivity contribution in [2.75, 3.05) is 19.6 Å². The number of pyridine rings is 1. The van der Waals surface area contributed by atoms with Crippen LogP contribution in [-0.2, 0) is 11.2 Å². The summed E-state index contributed by atoms with van der Waals surface area (Å²) >= 11 is 0. The molecular formula is C28H31N3O2. The number of aryl methyl sites for hydroxylation is 1. The van der Waals surface area contributed by atoms with Gasteiger partial charge in [0, 0.05) is 37.6 Å². The van der Waals surface area contributed by atoms with Gasteiger partial charge in [0.25, 0.3) is 5.91 Å². The van der Waals surface area contributed by atoms with Gasteiger partial charge in [0.1, 0.15) is 0 Å². The number of carbonyl (C=O) groups excluding carboxylic acids is 2. The first kappa shape index (κ1) is 22.7. The highest BCUT2D eigenvalue weighted by Gasteiger charge is 2.43. The van der Waals surface area contributed by atoms with E-state index in [4.69, 9.17) is 0 Å². The second kappa shape index (κ2) is 9.99. The molecule has 2 aromatic carbocycles. The average Bonchev–Trinajstić information content (AvgIpc) is 2.85. The molecule has 0 unspecified atom stereocenters. The third-order valence-corrected chi connectivity index (χ3v) is 6.49. The number of likely N-dealkylation sites (tertiary alicyclic amines) is 1. The van der Waals surface area contributed by atoms with Crippen LogP contribution in [0.5, 0.6) is 0 Å². The fraction of sp³-hybridized carbons (Fsp3) is 0.321. The van der Waals surface area contributed by atoms with E-state index in [0.29, 0.717) is 31.6 Å². The van der Waals surface area contributed by atoms with Crippen LogP contribution in [0.3, 0.4) is 0 Å². The first-order chi connectivity index (χ1) is 16.0. The van der Waals surface area contributed by atoms with Gasteiger partial charge in [0.2, 0.25) is 5.91 Å². The second-order valence-electron chi connectivity index (χ2n) is 8.95. The Labute approximate surface area is 195 Å². The van der Waals surface area contributed by atoms with Crippen LogP contribution in [0.15, 0.2) is 73.1 Å². The predicted molar refractivity (Wildman–Crippen MR) is 131 cm³/mol. The Morgan fingerprint density at radius 2 is 1.61 bits per heavy atom. The van der Waals surface area contributed by atoms with Gasteiger partial charge in [-0.1, -0.05) is 54.1 Å². The summed E-state index contributed by atoms with van der Waals surface area (Å²) < 4.78 is 0. The smallest absolute Gasteiger partial charge is 0.253 e. The minimum atomic E-state index is -0.637. The third kappa shape index (κ3) is 5.14. The maximum absolute atomic E-state index is 13.3. The van der Waals surface area contributed by atoms with Crippen LogP contribution in [0.1, 0.15) is 41.3 Å². The lowest BCUT2D eigenvalue weighted by atomic mass is 9.74. The van der Waals surface area contributed by atoms with Crippen LogP contribution >= 0.6 is 0 Å². The molecule has 170 valence electrons. The molecule has 2 amide bonds. The van der Waals surface area contributed by atoms with Gasteiger partial charge in [-0.2, -0.15) is 0 Å². The van der Waals surface area contributed by atoms with E-state index in [9.17, 15) is 9.59 Å². The predicted octanol–water partition coefficient (Wildman–Crippen LogP) is 4.66. The van der Waals surface area contributed by atoms with Crippen molar-refractivity contribution < 1.29 is 9.59 Å². The number of aromatic nitrogens is 1. The topological polar surface area (TPSA) is 62.3 Å². The number of nitrogens with one attached hydrogen (secondary N) is 1. The number of benzene rings is 2. The summed E-state index contributed by atoms with van der Waals surface area (Å²) in [6, 6.07) is 20.4. The standard InChI is InChI=1S/C28H31N3O2/c1-3-30-27(33)28(15-4-18-31(20-28)26(32)25-13-16-29-17-14-25)19-22-7-11-24(12-8-22)23-9-5-21(2)6-10-23/h5-14,16-17H,3-4,15,18-20H2,1-2H3,(H,30,33)/t28-/m1/s1. The minimum Gasteiger partial charge on any atom is -0.356 e. The Kier molecular flexibility index (Phi) is 6.87. The van der Waals surface area contributed by atoms with E-state index < -0.39 is 5.41 Å². The van der Waals surface area contributed by atoms with Crippen molar-refractivity contribution in [3.8, 4) is 11.1 Å². The van der Waals surface area contributed by atoms with Gasteiger partial charge in [0.15, 0.2) is 0 Å². The SMILES string of the molecule is CCNC(=O)[C@@]1(Cc2ccc(-c3ccc(C)cc3)cc2)CCCN(C(=O)c2ccncc2)C1. The maximum Gasteiger partial charge on any atom is 0.253 e. The molecular weight excluding hydrogens is 410 g/mol. The van der Waals surface area contributed by atoms with Crippen molar-refractivity contribution >= 4 is 11.8 Å². The van der Waals surface area contributed by atoms with E-state index in [2.05, 4.69) is 65.8 Å². The van der Waals surface area contributed by atoms with E-state index in [1.54, 1.807) is 24.5 Å². The Bertz CT molecular complexity index is 1090. The zero-order valence-electron chi connectivity index (χ0n) is 19.4. The highest BCUT2D eigenvalue weighted by Crippen LogP contribution is 2.35. The number of hydrogen-bond acceptors (Lipinski definition) is 3. The Hall–Kier alpha value is -3.47. The lowest BCUT2D eigenvalue weighted by molar-refractivity contribution is -0.133. The largest absolute Gasteiger partial charge is 0.356 e. The third-order valence-electron chi connectivity index (χ3n) is 6.49. The number of amides is 2. The van der Waals surface area contributed by atoms with Crippen LogP contribution < -0.4 is 5.32 Å². The molecule has 33 heavy (non-hydrogen) atoms. The lowest BCUT2D eigenvalue weighted by Gasteiger charge is -2.42. The summed E-state index contributed by atoms with van der Waals surface area (Å²) in [6.07, 6.45) is 5.43. The lowest BCUT2D eigenvalue weighted by Crippen LogP contribution is -2.54. The number of nitrogens with zero attached hydrogens (tertiary/aromatic N) is 2. The van der Waals surface area contributed by atoms with Gasteiger partial charge in [-0.25, -0.2) is 0 Å². The Morgan fingerprint density at radius 3 is 2.24 bits per heavy atom. The van der Waals surface area contributed by atoms with E-state index in [-0.39, 0.29) is 11.8 Å². The van der Waals surface area contributed by atoms with E-state index in [1.807, 2.05) is 11.8 Å². The normalized spacial score (nSPS) is 18.1. The molecule has 4 rings (SSSR count). The molecule has 0 saturated carbocycles. The fourth-order valence-corrected chi connectivity index (χ4v) is 4.69. The number of carbonyl (C=O) groups is 2. The number of piperidine rings is 1. The van der Waals surface area contributed by atoms with E-state index in [0.717, 1.165) is 24.0 Å². The molecule has 0 bridgehead atoms. The first-order valence-corrected chi connectivity index (χ1v) is 11.6. The van der Waals surface area contributed by atoms with Gasteiger partial charge >= 0.3 is 0 Å². The van der Waals surface area contributed by atoms with Gasteiger partial charge in [-0.15, -0.1) is 0 Å². The molecule has 2 heterocycles. The van der Waals surface area contributed by atoms with Gasteiger partial charge in [0.05, 0.1) is 5.41 Å². The van der Waals surface area contributed by atoms with Crippen LogP contribution in [0, 0.1) is 12.3 Å². The van der Waals surface area contributed by atoms with E-state index in [1.165, 1.54) is 11.1 Å². The molecule has 1 fully saturated rings. The molecule has 3 aromatic rings. The van der Waals surface area contributed by atoms with Crippen LogP contribution in [0.2, 0.25) is 0 Å². The number of hydrogen-bond donors (Lipinski definition) is 1. The molecule has 1 atom stereocenters. The fourth-order valence-electron chi connectivity index (χ4n) is 4.69. The van der Waals surface area contributed by atoms with E-state index >= 15 is 0 Å². The Morgan fingerprint density at radius 1 is 0.970 bits per heavy atom. The molecule has 1 aliphatic rings. The molecule has 1 N–H and O–H groups in total. The monoisotopic (exact) mass is 441 g/mol. The van der Waals surface area contributed by atoms with Crippen molar-refractivity contribution in [1.29, 1.82) is 0 Å². The highest BCUT2D eigenvalue weighted by atomic mass is 16.2. The summed E-state index contributed by atoms with van der Waals surface area (Å²) in [5, 5.41) is 3.03. The van der Waals surface area contributed by atoms with Crippen molar-refractivity contribution in [3.63, 3.8) is 0 Å². The zero-order valence-corrected chi connectivity index (χ0v) is 19.4. The van der Waals surface area contributed by atoms with Gasteiger partial charge in [-0.3, -0.25) is 14.6 Å². The van der Waals surface area contributed by atoms with Crippen LogP contribution in [0.4, 0.5) is 0 Å². The summed E-state index contributed by atoms with van der Waals surface area (Å²) in [5.41, 5.74) is 4.65.